The first-order valence-corrected chi connectivity index (χ1v) is 6.84. The molecule has 0 heterocycles. The van der Waals surface area contributed by atoms with Crippen molar-refractivity contribution >= 4 is 7.98 Å². The van der Waals surface area contributed by atoms with Crippen LogP contribution in [0.3, 0.4) is 0 Å². The lowest BCUT2D eigenvalue weighted by molar-refractivity contribution is 0.624. The maximum Gasteiger partial charge on any atom is 0.217 e. The summed E-state index contributed by atoms with van der Waals surface area (Å²) in [6, 6.07) is 0. The molecule has 19 heavy (non-hydrogen) atoms. The molecule has 0 spiro atoms. The lowest BCUT2D eigenvalue weighted by Crippen LogP contribution is -2.20. The van der Waals surface area contributed by atoms with Crippen molar-refractivity contribution < 1.29 is 0 Å². The van der Waals surface area contributed by atoms with E-state index in [1.54, 1.807) is 0 Å². The van der Waals surface area contributed by atoms with Gasteiger partial charge in [0.05, 0.1) is 0 Å². The van der Waals surface area contributed by atoms with E-state index in [4.69, 9.17) is 0 Å². The quantitative estimate of drug-likeness (QED) is 0.469. The molecule has 0 amide bonds. The first-order chi connectivity index (χ1) is 9.19. The SMILES string of the molecule is BN(CC(/C=C\C)=C/C=C\C)C(/C=C\CC)=C/C=C. The van der Waals surface area contributed by atoms with E-state index in [2.05, 4.69) is 62.8 Å². The zero-order chi connectivity index (χ0) is 14.5. The van der Waals surface area contributed by atoms with Gasteiger partial charge in [0.15, 0.2) is 0 Å². The smallest absolute Gasteiger partial charge is 0.217 e. The van der Waals surface area contributed by atoms with Crippen LogP contribution < -0.4 is 0 Å². The average Bonchev–Trinajstić information content (AvgIpc) is 2.40. The Kier molecular flexibility index (Phi) is 10.4. The van der Waals surface area contributed by atoms with Crippen LogP contribution in [-0.2, 0) is 0 Å². The van der Waals surface area contributed by atoms with Crippen molar-refractivity contribution in [2.24, 2.45) is 0 Å². The van der Waals surface area contributed by atoms with Crippen molar-refractivity contribution in [3.05, 3.63) is 72.5 Å². The van der Waals surface area contributed by atoms with Crippen LogP contribution in [0.1, 0.15) is 27.2 Å². The van der Waals surface area contributed by atoms with Crippen LogP contribution >= 0.6 is 0 Å². The molecule has 2 heteroatoms. The highest BCUT2D eigenvalue weighted by atomic mass is 15.0. The van der Waals surface area contributed by atoms with E-state index in [1.165, 1.54) is 11.3 Å². The van der Waals surface area contributed by atoms with Crippen LogP contribution in [0.4, 0.5) is 0 Å². The van der Waals surface area contributed by atoms with E-state index >= 15 is 0 Å². The third-order valence-corrected chi connectivity index (χ3v) is 2.56. The van der Waals surface area contributed by atoms with Crippen molar-refractivity contribution in [2.75, 3.05) is 6.54 Å². The molecule has 0 saturated heterocycles. The fourth-order valence-electron chi connectivity index (χ4n) is 1.63. The zero-order valence-corrected chi connectivity index (χ0v) is 12.8. The van der Waals surface area contributed by atoms with Gasteiger partial charge in [-0.25, -0.2) is 0 Å². The van der Waals surface area contributed by atoms with Crippen LogP contribution in [0, 0.1) is 0 Å². The van der Waals surface area contributed by atoms with Crippen molar-refractivity contribution in [1.82, 2.24) is 4.81 Å². The molecule has 0 atom stereocenters. The fraction of sp³-hybridized carbons (Fsp3) is 0.294. The van der Waals surface area contributed by atoms with E-state index in [0.717, 1.165) is 13.0 Å². The van der Waals surface area contributed by atoms with Crippen molar-refractivity contribution in [3.63, 3.8) is 0 Å². The highest BCUT2D eigenvalue weighted by molar-refractivity contribution is 6.06. The molecule has 0 bridgehead atoms. The normalized spacial score (nSPS) is 13.8. The van der Waals surface area contributed by atoms with Gasteiger partial charge in [-0.2, -0.15) is 0 Å². The standard InChI is InChI=1S/C17H26BN/c1-5-9-13-16(11-7-3)15-19(18)17(12-8-4)14-10-6-2/h5,7-14H,4,6,15,18H2,1-3H3/b9-5-,11-7-,14-10-,16-13+,17-12+. The molecule has 0 aliphatic rings. The summed E-state index contributed by atoms with van der Waals surface area (Å²) >= 11 is 0. The number of nitrogens with zero attached hydrogens (tertiary/aromatic N) is 1. The van der Waals surface area contributed by atoms with Crippen molar-refractivity contribution in [1.29, 1.82) is 0 Å². The maximum absolute atomic E-state index is 3.78. The Labute approximate surface area is 119 Å². The van der Waals surface area contributed by atoms with E-state index in [1.807, 2.05) is 32.1 Å². The van der Waals surface area contributed by atoms with Gasteiger partial charge in [-0.05, 0) is 38.0 Å². The minimum atomic E-state index is 0.877. The molecule has 0 N–H and O–H groups in total. The summed E-state index contributed by atoms with van der Waals surface area (Å²) < 4.78 is 0. The van der Waals surface area contributed by atoms with Crippen LogP contribution in [-0.4, -0.2) is 19.3 Å². The predicted octanol–water partition coefficient (Wildman–Crippen LogP) is 3.95. The topological polar surface area (TPSA) is 3.24 Å². The third kappa shape index (κ3) is 8.09. The molecule has 0 aromatic heterocycles. The lowest BCUT2D eigenvalue weighted by atomic mass is 10.1. The summed E-state index contributed by atoms with van der Waals surface area (Å²) in [4.78, 5) is 2.23. The van der Waals surface area contributed by atoms with Gasteiger partial charge in [-0.15, -0.1) is 0 Å². The van der Waals surface area contributed by atoms with Gasteiger partial charge < -0.3 is 4.81 Å². The Bertz CT molecular complexity index is 397. The van der Waals surface area contributed by atoms with E-state index in [0.29, 0.717) is 0 Å². The van der Waals surface area contributed by atoms with Gasteiger partial charge in [-0.1, -0.05) is 56.0 Å². The van der Waals surface area contributed by atoms with Crippen molar-refractivity contribution in [2.45, 2.75) is 27.2 Å². The van der Waals surface area contributed by atoms with Gasteiger partial charge in [-0.3, -0.25) is 0 Å². The van der Waals surface area contributed by atoms with E-state index in [9.17, 15) is 0 Å². The van der Waals surface area contributed by atoms with E-state index in [-0.39, 0.29) is 0 Å². The molecule has 0 saturated carbocycles. The molecular weight excluding hydrogens is 229 g/mol. The summed E-state index contributed by atoms with van der Waals surface area (Å²) in [6.45, 7) is 10.9. The molecule has 102 valence electrons. The molecule has 0 aliphatic heterocycles. The number of hydrogen-bond acceptors (Lipinski definition) is 1. The Morgan fingerprint density at radius 2 is 1.89 bits per heavy atom. The summed E-state index contributed by atoms with van der Waals surface area (Å²) in [7, 11) is 2.10. The van der Waals surface area contributed by atoms with Crippen LogP contribution in [0.15, 0.2) is 72.5 Å². The van der Waals surface area contributed by atoms with Crippen LogP contribution in [0.5, 0.6) is 0 Å². The number of hydrogen-bond donors (Lipinski definition) is 0. The highest BCUT2D eigenvalue weighted by Gasteiger charge is 2.01. The first-order valence-electron chi connectivity index (χ1n) is 6.84. The van der Waals surface area contributed by atoms with Crippen LogP contribution in [0.25, 0.3) is 0 Å². The summed E-state index contributed by atoms with van der Waals surface area (Å²) in [5, 5.41) is 0. The molecule has 0 rings (SSSR count). The van der Waals surface area contributed by atoms with Crippen LogP contribution in [0.2, 0.25) is 0 Å². The third-order valence-electron chi connectivity index (χ3n) is 2.56. The number of allylic oxidation sites excluding steroid dienone is 8. The molecule has 0 aromatic carbocycles. The van der Waals surface area contributed by atoms with Gasteiger partial charge >= 0.3 is 0 Å². The summed E-state index contributed by atoms with van der Waals surface area (Å²) in [6.07, 6.45) is 19.7. The minimum absolute atomic E-state index is 0.877. The number of rotatable bonds is 8. The Hall–Kier alpha value is -1.70. The Balaban J connectivity index is 4.95. The Morgan fingerprint density at radius 1 is 1.16 bits per heavy atom. The summed E-state index contributed by atoms with van der Waals surface area (Å²) in [5.41, 5.74) is 2.45. The highest BCUT2D eigenvalue weighted by Crippen LogP contribution is 2.09. The second kappa shape index (κ2) is 11.4. The second-order valence-corrected chi connectivity index (χ2v) is 4.26. The lowest BCUT2D eigenvalue weighted by Gasteiger charge is -2.21. The largest absolute Gasteiger partial charge is 0.418 e. The maximum atomic E-state index is 3.78. The van der Waals surface area contributed by atoms with E-state index < -0.39 is 0 Å². The molecule has 0 radical (unpaired) electrons. The molecular formula is C17H26BN. The molecule has 0 aromatic rings. The fourth-order valence-corrected chi connectivity index (χ4v) is 1.63. The molecule has 0 fully saturated rings. The first kappa shape index (κ1) is 17.3. The van der Waals surface area contributed by atoms with Crippen molar-refractivity contribution in [3.8, 4) is 0 Å². The molecule has 0 aliphatic carbocycles. The van der Waals surface area contributed by atoms with Gasteiger partial charge in [0.25, 0.3) is 0 Å². The summed E-state index contributed by atoms with van der Waals surface area (Å²) in [5.74, 6) is 0. The van der Waals surface area contributed by atoms with Gasteiger partial charge in [0.1, 0.15) is 0 Å². The zero-order valence-electron chi connectivity index (χ0n) is 12.8. The molecule has 0 unspecified atom stereocenters. The monoisotopic (exact) mass is 255 g/mol. The predicted molar refractivity (Wildman–Crippen MR) is 90.7 cm³/mol. The molecule has 1 nitrogen and oxygen atoms in total. The average molecular weight is 255 g/mol. The van der Waals surface area contributed by atoms with Gasteiger partial charge in [0.2, 0.25) is 7.98 Å². The Morgan fingerprint density at radius 3 is 2.42 bits per heavy atom. The minimum Gasteiger partial charge on any atom is -0.418 e. The second-order valence-electron chi connectivity index (χ2n) is 4.26. The van der Waals surface area contributed by atoms with Gasteiger partial charge in [0, 0.05) is 12.2 Å².